The molecule has 1 aromatic rings. The summed E-state index contributed by atoms with van der Waals surface area (Å²) < 4.78 is 26.4. The zero-order chi connectivity index (χ0) is 14.1. The van der Waals surface area contributed by atoms with Crippen LogP contribution in [0.3, 0.4) is 0 Å². The molecule has 0 radical (unpaired) electrons. The molecule has 0 amide bonds. The van der Waals surface area contributed by atoms with Crippen molar-refractivity contribution in [2.24, 2.45) is 0 Å². The van der Waals surface area contributed by atoms with Crippen molar-refractivity contribution in [2.75, 3.05) is 0 Å². The Labute approximate surface area is 101 Å². The Morgan fingerprint density at radius 2 is 2.00 bits per heavy atom. The van der Waals surface area contributed by atoms with Gasteiger partial charge in [-0.2, -0.15) is 4.39 Å². The van der Waals surface area contributed by atoms with Crippen molar-refractivity contribution in [2.45, 2.75) is 25.7 Å². The number of halogens is 2. The Morgan fingerprint density at radius 1 is 1.44 bits per heavy atom. The van der Waals surface area contributed by atoms with E-state index in [1.807, 2.05) is 0 Å². The van der Waals surface area contributed by atoms with Gasteiger partial charge in [-0.1, -0.05) is 13.8 Å². The molecule has 1 rings (SSSR count). The van der Waals surface area contributed by atoms with Gasteiger partial charge in [0.1, 0.15) is 0 Å². The number of nitrogens with zero attached hydrogens (tertiary/aromatic N) is 1. The van der Waals surface area contributed by atoms with Gasteiger partial charge in [-0.25, -0.2) is 4.39 Å². The molecule has 0 aliphatic rings. The molecule has 0 aliphatic heterocycles. The second-order valence-electron chi connectivity index (χ2n) is 4.50. The van der Waals surface area contributed by atoms with Crippen molar-refractivity contribution in [1.82, 2.24) is 0 Å². The van der Waals surface area contributed by atoms with E-state index >= 15 is 0 Å². The van der Waals surface area contributed by atoms with Crippen LogP contribution in [0, 0.1) is 21.7 Å². The average Bonchev–Trinajstić information content (AvgIpc) is 2.19. The predicted molar refractivity (Wildman–Crippen MR) is 58.3 cm³/mol. The predicted octanol–water partition coefficient (Wildman–Crippen LogP) is 2.63. The molecule has 18 heavy (non-hydrogen) atoms. The van der Waals surface area contributed by atoms with Crippen LogP contribution in [0.1, 0.15) is 25.8 Å². The highest BCUT2D eigenvalue weighted by molar-refractivity contribution is 5.69. The van der Waals surface area contributed by atoms with Gasteiger partial charge in [0.05, 0.1) is 11.3 Å². The first-order valence-electron chi connectivity index (χ1n) is 5.01. The Bertz CT molecular complexity index is 514. The van der Waals surface area contributed by atoms with E-state index in [2.05, 4.69) is 0 Å². The van der Waals surface area contributed by atoms with Crippen molar-refractivity contribution >= 4 is 11.7 Å². The Hall–Kier alpha value is -2.05. The largest absolute Gasteiger partial charge is 0.481 e. The summed E-state index contributed by atoms with van der Waals surface area (Å²) in [6, 6.07) is 1.65. The molecule has 1 aromatic carbocycles. The number of carbonyl (C=O) groups is 1. The molecule has 0 aliphatic carbocycles. The normalized spacial score (nSPS) is 11.3. The topological polar surface area (TPSA) is 80.4 Å². The summed E-state index contributed by atoms with van der Waals surface area (Å²) in [5, 5.41) is 19.3. The number of nitro benzene ring substituents is 1. The fourth-order valence-electron chi connectivity index (χ4n) is 1.58. The van der Waals surface area contributed by atoms with Gasteiger partial charge in [0.2, 0.25) is 5.82 Å². The van der Waals surface area contributed by atoms with Crippen molar-refractivity contribution in [3.05, 3.63) is 39.4 Å². The molecule has 0 saturated carbocycles. The van der Waals surface area contributed by atoms with E-state index in [0.29, 0.717) is 0 Å². The summed E-state index contributed by atoms with van der Waals surface area (Å²) in [6.07, 6.45) is -0.352. The van der Waals surface area contributed by atoms with Crippen LogP contribution in [0.5, 0.6) is 0 Å². The summed E-state index contributed by atoms with van der Waals surface area (Å²) in [5.41, 5.74) is -1.97. The van der Waals surface area contributed by atoms with Gasteiger partial charge >= 0.3 is 11.7 Å². The fraction of sp³-hybridized carbons (Fsp3) is 0.364. The van der Waals surface area contributed by atoms with Crippen LogP contribution in [0.15, 0.2) is 12.1 Å². The third-order valence-corrected chi connectivity index (χ3v) is 2.58. The molecule has 98 valence electrons. The average molecular weight is 259 g/mol. The number of benzene rings is 1. The molecule has 1 N–H and O–H groups in total. The first-order valence-corrected chi connectivity index (χ1v) is 5.01. The minimum Gasteiger partial charge on any atom is -0.481 e. The molecule has 0 atom stereocenters. The van der Waals surface area contributed by atoms with Crippen LogP contribution in [-0.4, -0.2) is 16.0 Å². The highest BCUT2D eigenvalue weighted by atomic mass is 19.2. The second-order valence-corrected chi connectivity index (χ2v) is 4.50. The minimum atomic E-state index is -1.55. The molecule has 0 unspecified atom stereocenters. The lowest BCUT2D eigenvalue weighted by molar-refractivity contribution is -0.387. The molecular weight excluding hydrogens is 248 g/mol. The quantitative estimate of drug-likeness (QED) is 0.665. The van der Waals surface area contributed by atoms with Crippen LogP contribution in [-0.2, 0) is 10.2 Å². The number of hydrogen-bond donors (Lipinski definition) is 1. The number of hydrogen-bond acceptors (Lipinski definition) is 3. The third-order valence-electron chi connectivity index (χ3n) is 2.58. The van der Waals surface area contributed by atoms with Crippen LogP contribution >= 0.6 is 0 Å². The maximum absolute atomic E-state index is 13.2. The van der Waals surface area contributed by atoms with E-state index in [1.165, 1.54) is 13.8 Å². The molecule has 0 saturated heterocycles. The number of carboxylic acid groups (broad SMARTS) is 1. The molecular formula is C11H11F2NO4. The molecule has 0 spiro atoms. The zero-order valence-electron chi connectivity index (χ0n) is 9.74. The van der Waals surface area contributed by atoms with Gasteiger partial charge in [0, 0.05) is 11.5 Å². The van der Waals surface area contributed by atoms with Gasteiger partial charge in [-0.3, -0.25) is 14.9 Å². The van der Waals surface area contributed by atoms with Gasteiger partial charge in [-0.05, 0) is 11.6 Å². The Morgan fingerprint density at radius 3 is 2.44 bits per heavy atom. The lowest BCUT2D eigenvalue weighted by Crippen LogP contribution is -2.22. The van der Waals surface area contributed by atoms with Gasteiger partial charge in [0.25, 0.3) is 0 Å². The van der Waals surface area contributed by atoms with E-state index in [-0.39, 0.29) is 12.0 Å². The van der Waals surface area contributed by atoms with Gasteiger partial charge in [-0.15, -0.1) is 0 Å². The smallest absolute Gasteiger partial charge is 0.308 e. The van der Waals surface area contributed by atoms with E-state index < -0.39 is 33.6 Å². The molecule has 0 heterocycles. The first-order chi connectivity index (χ1) is 8.15. The third kappa shape index (κ3) is 2.79. The van der Waals surface area contributed by atoms with Crippen molar-refractivity contribution < 1.29 is 23.6 Å². The summed E-state index contributed by atoms with van der Waals surface area (Å²) in [7, 11) is 0. The number of aliphatic carboxylic acids is 1. The molecule has 0 bridgehead atoms. The summed E-state index contributed by atoms with van der Waals surface area (Å²) in [5.74, 6) is -4.04. The van der Waals surface area contributed by atoms with Crippen molar-refractivity contribution in [3.63, 3.8) is 0 Å². The lowest BCUT2D eigenvalue weighted by atomic mass is 9.81. The molecule has 0 aromatic heterocycles. The lowest BCUT2D eigenvalue weighted by Gasteiger charge is -2.22. The highest BCUT2D eigenvalue weighted by Gasteiger charge is 2.29. The summed E-state index contributed by atoms with van der Waals surface area (Å²) >= 11 is 0. The monoisotopic (exact) mass is 259 g/mol. The SMILES string of the molecule is CC(C)(CC(=O)O)c1cc(F)c(F)c([N+](=O)[O-])c1. The summed E-state index contributed by atoms with van der Waals surface area (Å²) in [6.45, 7) is 2.97. The van der Waals surface area contributed by atoms with Crippen LogP contribution in [0.2, 0.25) is 0 Å². The Balaban J connectivity index is 3.34. The van der Waals surface area contributed by atoms with Crippen molar-refractivity contribution in [3.8, 4) is 0 Å². The van der Waals surface area contributed by atoms with Crippen LogP contribution in [0.4, 0.5) is 14.5 Å². The molecule has 7 heteroatoms. The second kappa shape index (κ2) is 4.67. The maximum atomic E-state index is 13.2. The highest BCUT2D eigenvalue weighted by Crippen LogP contribution is 2.32. The van der Waals surface area contributed by atoms with E-state index in [0.717, 1.165) is 12.1 Å². The standard InChI is InChI=1S/C11H11F2NO4/c1-11(2,5-9(15)16)6-3-7(12)10(13)8(4-6)14(17)18/h3-4H,5H2,1-2H3,(H,15,16). The van der Waals surface area contributed by atoms with Crippen molar-refractivity contribution in [1.29, 1.82) is 0 Å². The van der Waals surface area contributed by atoms with E-state index in [1.54, 1.807) is 0 Å². The molecule has 5 nitrogen and oxygen atoms in total. The van der Waals surface area contributed by atoms with Crippen LogP contribution in [0.25, 0.3) is 0 Å². The maximum Gasteiger partial charge on any atom is 0.308 e. The Kier molecular flexibility index (Phi) is 3.64. The fourth-order valence-corrected chi connectivity index (χ4v) is 1.58. The first kappa shape index (κ1) is 14.0. The zero-order valence-corrected chi connectivity index (χ0v) is 9.74. The number of nitro groups is 1. The van der Waals surface area contributed by atoms with Crippen LogP contribution < -0.4 is 0 Å². The van der Waals surface area contributed by atoms with Gasteiger partial charge < -0.3 is 5.11 Å². The van der Waals surface area contributed by atoms with E-state index in [9.17, 15) is 23.7 Å². The van der Waals surface area contributed by atoms with E-state index in [4.69, 9.17) is 5.11 Å². The molecule has 0 fully saturated rings. The van der Waals surface area contributed by atoms with Gasteiger partial charge in [0.15, 0.2) is 5.82 Å². The number of carboxylic acids is 1. The summed E-state index contributed by atoms with van der Waals surface area (Å²) in [4.78, 5) is 20.2. The minimum absolute atomic E-state index is 0.0653. The number of rotatable bonds is 4.